The van der Waals surface area contributed by atoms with Gasteiger partial charge in [-0.05, 0) is 13.3 Å². The van der Waals surface area contributed by atoms with Crippen molar-refractivity contribution >= 4 is 17.7 Å². The van der Waals surface area contributed by atoms with Crippen molar-refractivity contribution in [3.8, 4) is 0 Å². The van der Waals surface area contributed by atoms with Gasteiger partial charge in [0.15, 0.2) is 0 Å². The molecule has 1 unspecified atom stereocenters. The molecule has 19 heavy (non-hydrogen) atoms. The highest BCUT2D eigenvalue weighted by atomic mass is 19.4. The Morgan fingerprint density at radius 2 is 1.95 bits per heavy atom. The molecular weight excluding hydrogens is 265 g/mol. The topological polar surface area (TPSA) is 66.5 Å². The van der Waals surface area contributed by atoms with E-state index < -0.39 is 23.7 Å². The highest BCUT2D eigenvalue weighted by molar-refractivity contribution is 6.07. The minimum absolute atomic E-state index is 0.0642. The zero-order valence-corrected chi connectivity index (χ0v) is 10.6. The molecule has 0 bridgehead atoms. The predicted octanol–water partition coefficient (Wildman–Crippen LogP) is 1.62. The molecule has 8 heteroatoms. The summed E-state index contributed by atoms with van der Waals surface area (Å²) in [5.41, 5.74) is -2.88. The maximum Gasteiger partial charge on any atom is 0.420 e. The number of carbonyl (C=O) groups is 3. The highest BCUT2D eigenvalue weighted by Crippen LogP contribution is 2.35. The normalized spacial score (nSPS) is 23.7. The van der Waals surface area contributed by atoms with E-state index in [2.05, 4.69) is 0 Å². The smallest absolute Gasteiger partial charge is 0.316 e. The van der Waals surface area contributed by atoms with Gasteiger partial charge in [-0.15, -0.1) is 0 Å². The van der Waals surface area contributed by atoms with E-state index in [4.69, 9.17) is 0 Å². The van der Waals surface area contributed by atoms with Crippen LogP contribution in [0.5, 0.6) is 0 Å². The Hall–Kier alpha value is -1.60. The van der Waals surface area contributed by atoms with E-state index >= 15 is 0 Å². The van der Waals surface area contributed by atoms with Crippen LogP contribution in [0.2, 0.25) is 0 Å². The molecule has 0 aromatic heterocycles. The fraction of sp³-hybridized carbons (Fsp3) is 0.727. The van der Waals surface area contributed by atoms with E-state index in [0.717, 1.165) is 0 Å². The molecule has 5 nitrogen and oxygen atoms in total. The summed E-state index contributed by atoms with van der Waals surface area (Å²) in [5, 5.41) is 1.65. The zero-order chi connectivity index (χ0) is 14.8. The SMILES string of the molecule is CCC(=O)CCCN1C(=O)NC(C)(C(F)(F)F)C1=O. The Bertz CT molecular complexity index is 408. The van der Waals surface area contributed by atoms with E-state index in [0.29, 0.717) is 18.2 Å². The van der Waals surface area contributed by atoms with Crippen molar-refractivity contribution in [1.82, 2.24) is 10.2 Å². The molecule has 108 valence electrons. The average Bonchev–Trinajstić information content (AvgIpc) is 2.52. The molecule has 0 saturated carbocycles. The maximum atomic E-state index is 12.7. The van der Waals surface area contributed by atoms with Gasteiger partial charge in [0.05, 0.1) is 0 Å². The molecule has 0 spiro atoms. The third kappa shape index (κ3) is 2.87. The number of imide groups is 1. The first-order valence-electron chi connectivity index (χ1n) is 5.86. The van der Waals surface area contributed by atoms with Gasteiger partial charge in [-0.25, -0.2) is 4.79 Å². The number of ketones is 1. The fourth-order valence-electron chi connectivity index (χ4n) is 1.70. The Balaban J connectivity index is 2.70. The van der Waals surface area contributed by atoms with Crippen LogP contribution >= 0.6 is 0 Å². The summed E-state index contributed by atoms with van der Waals surface area (Å²) in [7, 11) is 0. The number of nitrogens with zero attached hydrogens (tertiary/aromatic N) is 1. The third-order valence-electron chi connectivity index (χ3n) is 3.07. The summed E-state index contributed by atoms with van der Waals surface area (Å²) >= 11 is 0. The minimum atomic E-state index is -4.85. The van der Waals surface area contributed by atoms with Crippen LogP contribution in [0.4, 0.5) is 18.0 Å². The first kappa shape index (κ1) is 15.5. The van der Waals surface area contributed by atoms with Crippen molar-refractivity contribution in [1.29, 1.82) is 0 Å². The third-order valence-corrected chi connectivity index (χ3v) is 3.07. The van der Waals surface area contributed by atoms with Crippen LogP contribution in [-0.2, 0) is 9.59 Å². The molecule has 1 rings (SSSR count). The fourth-order valence-corrected chi connectivity index (χ4v) is 1.70. The largest absolute Gasteiger partial charge is 0.420 e. The van der Waals surface area contributed by atoms with Crippen molar-refractivity contribution in [2.75, 3.05) is 6.54 Å². The van der Waals surface area contributed by atoms with Crippen LogP contribution in [0.1, 0.15) is 33.1 Å². The lowest BCUT2D eigenvalue weighted by Gasteiger charge is -2.24. The number of hydrogen-bond donors (Lipinski definition) is 1. The van der Waals surface area contributed by atoms with E-state index in [-0.39, 0.29) is 25.2 Å². The van der Waals surface area contributed by atoms with E-state index in [1.165, 1.54) is 0 Å². The molecule has 3 amide bonds. The number of carbonyl (C=O) groups excluding carboxylic acids is 3. The first-order valence-corrected chi connectivity index (χ1v) is 5.86. The number of amides is 3. The monoisotopic (exact) mass is 280 g/mol. The standard InChI is InChI=1S/C11H15F3N2O3/c1-3-7(17)5-4-6-16-8(18)10(2,11(12,13)14)15-9(16)19/h3-6H2,1-2H3,(H,15,19). The molecule has 0 aromatic carbocycles. The van der Waals surface area contributed by atoms with E-state index in [9.17, 15) is 27.6 Å². The van der Waals surface area contributed by atoms with Gasteiger partial charge in [-0.3, -0.25) is 14.5 Å². The molecule has 0 aliphatic carbocycles. The lowest BCUT2D eigenvalue weighted by Crippen LogP contribution is -2.56. The Kier molecular flexibility index (Phi) is 4.21. The van der Waals surface area contributed by atoms with Crippen molar-refractivity contribution in [2.45, 2.75) is 44.8 Å². The summed E-state index contributed by atoms with van der Waals surface area (Å²) in [6, 6.07) is -1.08. The number of nitrogens with one attached hydrogen (secondary N) is 1. The van der Waals surface area contributed by atoms with Crippen LogP contribution in [-0.4, -0.2) is 40.9 Å². The van der Waals surface area contributed by atoms with Crippen LogP contribution in [0, 0.1) is 0 Å². The molecule has 0 aromatic rings. The summed E-state index contributed by atoms with van der Waals surface area (Å²) < 4.78 is 38.2. The van der Waals surface area contributed by atoms with Gasteiger partial charge >= 0.3 is 12.2 Å². The van der Waals surface area contributed by atoms with Crippen molar-refractivity contribution in [2.24, 2.45) is 0 Å². The second-order valence-electron chi connectivity index (χ2n) is 4.51. The van der Waals surface area contributed by atoms with Crippen molar-refractivity contribution in [3.05, 3.63) is 0 Å². The Labute approximate surface area is 108 Å². The van der Waals surface area contributed by atoms with Gasteiger partial charge in [0.2, 0.25) is 5.54 Å². The van der Waals surface area contributed by atoms with Gasteiger partial charge < -0.3 is 5.32 Å². The molecule has 1 heterocycles. The van der Waals surface area contributed by atoms with Gasteiger partial charge in [-0.1, -0.05) is 6.92 Å². The first-order chi connectivity index (χ1) is 8.63. The Morgan fingerprint density at radius 1 is 1.37 bits per heavy atom. The number of urea groups is 1. The lowest BCUT2D eigenvalue weighted by molar-refractivity contribution is -0.191. The molecule has 0 radical (unpaired) electrons. The summed E-state index contributed by atoms with van der Waals surface area (Å²) in [4.78, 5) is 34.6. The molecule has 1 atom stereocenters. The Morgan fingerprint density at radius 3 is 2.37 bits per heavy atom. The van der Waals surface area contributed by atoms with Gasteiger partial charge in [-0.2, -0.15) is 13.2 Å². The number of hydrogen-bond acceptors (Lipinski definition) is 3. The molecule has 1 aliphatic heterocycles. The average molecular weight is 280 g/mol. The number of rotatable bonds is 5. The van der Waals surface area contributed by atoms with Crippen molar-refractivity contribution < 1.29 is 27.6 Å². The van der Waals surface area contributed by atoms with Crippen molar-refractivity contribution in [3.63, 3.8) is 0 Å². The number of halogens is 3. The van der Waals surface area contributed by atoms with E-state index in [1.807, 2.05) is 0 Å². The van der Waals surface area contributed by atoms with Crippen LogP contribution < -0.4 is 5.32 Å². The van der Waals surface area contributed by atoms with Gasteiger partial charge in [0.1, 0.15) is 5.78 Å². The quantitative estimate of drug-likeness (QED) is 0.778. The van der Waals surface area contributed by atoms with Crippen LogP contribution in [0.25, 0.3) is 0 Å². The summed E-state index contributed by atoms with van der Waals surface area (Å²) in [6.07, 6.45) is -4.23. The van der Waals surface area contributed by atoms with Crippen LogP contribution in [0.3, 0.4) is 0 Å². The summed E-state index contributed by atoms with van der Waals surface area (Å²) in [6.45, 7) is 2.10. The molecule has 1 aliphatic rings. The van der Waals surface area contributed by atoms with Crippen LogP contribution in [0.15, 0.2) is 0 Å². The molecule has 1 saturated heterocycles. The second-order valence-corrected chi connectivity index (χ2v) is 4.51. The molecular formula is C11H15F3N2O3. The van der Waals surface area contributed by atoms with E-state index in [1.54, 1.807) is 12.2 Å². The van der Waals surface area contributed by atoms with Gasteiger partial charge in [0, 0.05) is 19.4 Å². The zero-order valence-electron chi connectivity index (χ0n) is 10.6. The number of alkyl halides is 3. The van der Waals surface area contributed by atoms with Gasteiger partial charge in [0.25, 0.3) is 5.91 Å². The highest BCUT2D eigenvalue weighted by Gasteiger charge is 2.64. The minimum Gasteiger partial charge on any atom is -0.316 e. The maximum absolute atomic E-state index is 12.7. The second kappa shape index (κ2) is 5.18. The molecule has 1 fully saturated rings. The lowest BCUT2D eigenvalue weighted by atomic mass is 10.0. The number of Topliss-reactive ketones (excluding diaryl/α,β-unsaturated/α-hetero) is 1. The predicted molar refractivity (Wildman–Crippen MR) is 59.2 cm³/mol. The summed E-state index contributed by atoms with van der Waals surface area (Å²) in [5.74, 6) is -1.39. The molecule has 1 N–H and O–H groups in total.